The van der Waals surface area contributed by atoms with Crippen molar-refractivity contribution in [2.45, 2.75) is 76.2 Å². The molecule has 0 aromatic carbocycles. The Hall–Kier alpha value is -4.46. The Kier molecular flexibility index (Phi) is 16.2. The van der Waals surface area contributed by atoms with Crippen molar-refractivity contribution in [2.75, 3.05) is 0 Å². The summed E-state index contributed by atoms with van der Waals surface area (Å²) in [5.74, 6) is 2.90. The van der Waals surface area contributed by atoms with Gasteiger partial charge in [-0.25, -0.2) is 0 Å². The Balaban J connectivity index is 0.000000264. The average molecular weight is 604 g/mol. The molecule has 8 nitrogen and oxygen atoms in total. The Labute approximate surface area is 264 Å². The van der Waals surface area contributed by atoms with Gasteiger partial charge in [0.25, 0.3) is 0 Å². The summed E-state index contributed by atoms with van der Waals surface area (Å²) in [4.78, 5) is 0. The maximum Gasteiger partial charge on any atom is 0.133 e. The lowest BCUT2D eigenvalue weighted by molar-refractivity contribution is 0.393. The normalized spacial score (nSPS) is 9.59. The van der Waals surface area contributed by atoms with Crippen LogP contribution < -0.4 is 0 Å². The van der Waals surface area contributed by atoms with E-state index >= 15 is 0 Å². The highest BCUT2D eigenvalue weighted by Gasteiger charge is 1.93. The molecule has 6 rings (SSSR count). The van der Waals surface area contributed by atoms with Crippen LogP contribution in [-0.2, 0) is 21.1 Å². The van der Waals surface area contributed by atoms with Crippen LogP contribution in [0.3, 0.4) is 0 Å². The quantitative estimate of drug-likeness (QED) is 0.173. The molecule has 0 aliphatic carbocycles. The molecule has 44 heavy (non-hydrogen) atoms. The number of aryl methyl sites for hydroxylation is 13. The van der Waals surface area contributed by atoms with Crippen LogP contribution in [0.15, 0.2) is 80.9 Å². The van der Waals surface area contributed by atoms with E-state index in [0.29, 0.717) is 0 Å². The third kappa shape index (κ3) is 14.6. The molecule has 240 valence electrons. The maximum atomic E-state index is 4.96. The van der Waals surface area contributed by atoms with Crippen molar-refractivity contribution in [1.82, 2.24) is 24.1 Å². The highest BCUT2D eigenvalue weighted by atomic mass is 16.5. The summed E-state index contributed by atoms with van der Waals surface area (Å²) in [6.07, 6.45) is 9.59. The molecular formula is C36H53N5O3. The summed E-state index contributed by atoms with van der Waals surface area (Å²) in [7, 11) is 6.03. The molecule has 0 atom stereocenters. The monoisotopic (exact) mass is 603 g/mol. The number of nitrogens with zero attached hydrogens (tertiary/aromatic N) is 5. The molecule has 8 heteroatoms. The van der Waals surface area contributed by atoms with Crippen molar-refractivity contribution in [3.8, 4) is 0 Å². The zero-order chi connectivity index (χ0) is 33.4. The first-order valence-electron chi connectivity index (χ1n) is 14.7. The smallest absolute Gasteiger partial charge is 0.133 e. The highest BCUT2D eigenvalue weighted by Crippen LogP contribution is 2.06. The predicted octanol–water partition coefficient (Wildman–Crippen LogP) is 9.10. The highest BCUT2D eigenvalue weighted by molar-refractivity contribution is 5.18. The topological polar surface area (TPSA) is 80.0 Å². The van der Waals surface area contributed by atoms with Crippen LogP contribution >= 0.6 is 0 Å². The number of furan rings is 2. The van der Waals surface area contributed by atoms with Gasteiger partial charge in [-0.2, -0.15) is 5.10 Å². The number of rotatable bonds is 0. The van der Waals surface area contributed by atoms with Gasteiger partial charge in [0.05, 0.1) is 23.9 Å². The third-order valence-electron chi connectivity index (χ3n) is 6.85. The lowest BCUT2D eigenvalue weighted by atomic mass is 10.3. The molecule has 6 aromatic rings. The Morgan fingerprint density at radius 3 is 1.30 bits per heavy atom. The fourth-order valence-electron chi connectivity index (χ4n) is 3.50. The molecule has 0 saturated heterocycles. The van der Waals surface area contributed by atoms with E-state index in [4.69, 9.17) is 13.4 Å². The summed E-state index contributed by atoms with van der Waals surface area (Å²) in [5, 5.41) is 7.77. The molecule has 0 amide bonds. The summed E-state index contributed by atoms with van der Waals surface area (Å²) < 4.78 is 20.7. The number of hydrogen-bond donors (Lipinski definition) is 0. The maximum absolute atomic E-state index is 4.96. The fraction of sp³-hybridized carbons (Fsp3) is 0.389. The molecule has 0 radical (unpaired) electrons. The van der Waals surface area contributed by atoms with Gasteiger partial charge < -0.3 is 22.5 Å². The Morgan fingerprint density at radius 1 is 0.614 bits per heavy atom. The summed E-state index contributed by atoms with van der Waals surface area (Å²) in [6, 6.07) is 12.1. The molecule has 0 aliphatic rings. The largest absolute Gasteiger partial charge is 0.469 e. The van der Waals surface area contributed by atoms with E-state index in [-0.39, 0.29) is 0 Å². The van der Waals surface area contributed by atoms with Gasteiger partial charge in [0.1, 0.15) is 17.3 Å². The zero-order valence-electron chi connectivity index (χ0n) is 29.3. The van der Waals surface area contributed by atoms with Gasteiger partial charge in [0.15, 0.2) is 0 Å². The molecular weight excluding hydrogens is 550 g/mol. The van der Waals surface area contributed by atoms with Crippen LogP contribution in [0.25, 0.3) is 0 Å². The first kappa shape index (κ1) is 37.6. The van der Waals surface area contributed by atoms with E-state index in [2.05, 4.69) is 73.2 Å². The van der Waals surface area contributed by atoms with E-state index in [1.165, 1.54) is 33.6 Å². The second kappa shape index (κ2) is 18.9. The van der Waals surface area contributed by atoms with E-state index in [9.17, 15) is 0 Å². The first-order valence-corrected chi connectivity index (χ1v) is 14.7. The second-order valence-corrected chi connectivity index (χ2v) is 11.0. The van der Waals surface area contributed by atoms with Gasteiger partial charge in [-0.05, 0) is 129 Å². The molecule has 6 heterocycles. The van der Waals surface area contributed by atoms with E-state index in [1.807, 2.05) is 103 Å². The van der Waals surface area contributed by atoms with E-state index in [1.54, 1.807) is 12.5 Å². The van der Waals surface area contributed by atoms with Crippen molar-refractivity contribution in [1.29, 1.82) is 0 Å². The standard InChI is InChI=1S/C7H11N.C6H10N2.C6H9N.2C6H8O.C5H7NO/c1-6-4-5-8(3)7(6)2;1-5-4-6(2)8(3)7-5;1-6-3-4-7(2)5-6;2*1-5-3-4-7-6(5)2;1-4-3-5(2)7-6-4/h4-5H,1-3H3;4H,1-3H3;3-5H,1-2H3;2*3-4H,1-2H3;3H,1-2H3. The van der Waals surface area contributed by atoms with E-state index < -0.39 is 0 Å². The fourth-order valence-corrected chi connectivity index (χ4v) is 3.50. The van der Waals surface area contributed by atoms with Crippen molar-refractivity contribution in [3.05, 3.63) is 130 Å². The predicted molar refractivity (Wildman–Crippen MR) is 180 cm³/mol. The summed E-state index contributed by atoms with van der Waals surface area (Å²) >= 11 is 0. The molecule has 0 bridgehead atoms. The van der Waals surface area contributed by atoms with Crippen LogP contribution in [0.5, 0.6) is 0 Å². The van der Waals surface area contributed by atoms with Crippen LogP contribution in [0.1, 0.15) is 62.3 Å². The zero-order valence-corrected chi connectivity index (χ0v) is 29.3. The van der Waals surface area contributed by atoms with Gasteiger partial charge in [-0.15, -0.1) is 0 Å². The first-order chi connectivity index (χ1) is 20.6. The SMILES string of the molecule is Cc1cc(C)n(C)n1.Cc1cc(C)on1.Cc1ccn(C)c1.Cc1ccn(C)c1C.Cc1ccoc1C.Cc1ccoc1C. The average Bonchev–Trinajstić information content (AvgIpc) is 3.81. The van der Waals surface area contributed by atoms with Gasteiger partial charge in [0, 0.05) is 57.2 Å². The molecule has 6 aromatic heterocycles. The molecule has 0 aliphatic heterocycles. The Bertz CT molecular complexity index is 1440. The molecule has 0 spiro atoms. The van der Waals surface area contributed by atoms with Crippen molar-refractivity contribution >= 4 is 0 Å². The van der Waals surface area contributed by atoms with Crippen molar-refractivity contribution in [2.24, 2.45) is 21.1 Å². The number of hydrogen-bond acceptors (Lipinski definition) is 5. The minimum atomic E-state index is 0.873. The van der Waals surface area contributed by atoms with Gasteiger partial charge in [0.2, 0.25) is 0 Å². The minimum absolute atomic E-state index is 0.873. The summed E-state index contributed by atoms with van der Waals surface area (Å²) in [5.41, 5.74) is 9.73. The van der Waals surface area contributed by atoms with Crippen LogP contribution in [-0.4, -0.2) is 24.1 Å². The van der Waals surface area contributed by atoms with Crippen LogP contribution in [0.4, 0.5) is 0 Å². The van der Waals surface area contributed by atoms with Crippen LogP contribution in [0, 0.1) is 76.2 Å². The minimum Gasteiger partial charge on any atom is -0.469 e. The van der Waals surface area contributed by atoms with Crippen molar-refractivity contribution < 1.29 is 13.4 Å². The molecule has 0 fully saturated rings. The lowest BCUT2D eigenvalue weighted by Crippen LogP contribution is -1.91. The van der Waals surface area contributed by atoms with Gasteiger partial charge in [-0.1, -0.05) is 5.16 Å². The number of aromatic nitrogens is 5. The van der Waals surface area contributed by atoms with Gasteiger partial charge in [-0.3, -0.25) is 4.68 Å². The lowest BCUT2D eigenvalue weighted by Gasteiger charge is -1.93. The third-order valence-corrected chi connectivity index (χ3v) is 6.85. The van der Waals surface area contributed by atoms with Crippen molar-refractivity contribution in [3.63, 3.8) is 0 Å². The molecule has 0 saturated carbocycles. The van der Waals surface area contributed by atoms with Crippen LogP contribution in [0.2, 0.25) is 0 Å². The second-order valence-electron chi connectivity index (χ2n) is 11.0. The molecule has 0 N–H and O–H groups in total. The molecule has 0 unspecified atom stereocenters. The van der Waals surface area contributed by atoms with E-state index in [0.717, 1.165) is 28.7 Å². The Morgan fingerprint density at radius 2 is 1.18 bits per heavy atom. The summed E-state index contributed by atoms with van der Waals surface area (Å²) in [6.45, 7) is 22.1. The van der Waals surface area contributed by atoms with Gasteiger partial charge >= 0.3 is 0 Å².